The van der Waals surface area contributed by atoms with Gasteiger partial charge in [0, 0.05) is 15.7 Å². The second-order valence-corrected chi connectivity index (χ2v) is 2.96. The fourth-order valence-corrected chi connectivity index (χ4v) is 0.629. The summed E-state index contributed by atoms with van der Waals surface area (Å²) < 4.78 is 22.2. The summed E-state index contributed by atoms with van der Waals surface area (Å²) in [5.41, 5.74) is 0. The average molecular weight is 216 g/mol. The van der Waals surface area contributed by atoms with Gasteiger partial charge in [-0.3, -0.25) is 0 Å². The van der Waals surface area contributed by atoms with Crippen LogP contribution in [0.4, 0.5) is 0 Å². The molecule has 0 aliphatic carbocycles. The summed E-state index contributed by atoms with van der Waals surface area (Å²) in [6, 6.07) is 0. The van der Waals surface area contributed by atoms with Crippen molar-refractivity contribution in [3.05, 3.63) is 12.7 Å². The van der Waals surface area contributed by atoms with E-state index in [1.807, 2.05) is 0 Å². The van der Waals surface area contributed by atoms with Crippen LogP contribution in [-0.2, 0) is 13.4 Å². The molecule has 70 valence electrons. The van der Waals surface area contributed by atoms with Crippen molar-refractivity contribution in [3.63, 3.8) is 0 Å². The third-order valence-electron chi connectivity index (χ3n) is 0.473. The van der Waals surface area contributed by atoms with Crippen molar-refractivity contribution in [2.24, 2.45) is 0 Å². The highest BCUT2D eigenvalue weighted by Crippen LogP contribution is 2.30. The van der Waals surface area contributed by atoms with Crippen molar-refractivity contribution in [3.8, 4) is 0 Å². The van der Waals surface area contributed by atoms with E-state index in [1.165, 1.54) is 0 Å². The lowest BCUT2D eigenvalue weighted by Crippen LogP contribution is -1.71. The Morgan fingerprint density at radius 2 is 1.75 bits per heavy atom. The van der Waals surface area contributed by atoms with Crippen molar-refractivity contribution < 1.29 is 28.3 Å². The smallest absolute Gasteiger partial charge is 0.396 e. The van der Waals surface area contributed by atoms with E-state index in [9.17, 15) is 9.13 Å². The van der Waals surface area contributed by atoms with Crippen LogP contribution in [0.3, 0.4) is 0 Å². The molecule has 0 aromatic rings. The van der Waals surface area contributed by atoms with Crippen molar-refractivity contribution in [1.82, 2.24) is 0 Å². The molecule has 0 aliphatic rings. The van der Waals surface area contributed by atoms with Crippen LogP contribution in [0.15, 0.2) is 12.7 Å². The van der Waals surface area contributed by atoms with Crippen molar-refractivity contribution in [2.45, 2.75) is 6.42 Å². The molecule has 0 spiro atoms. The lowest BCUT2D eigenvalue weighted by Gasteiger charge is -1.73. The molecule has 0 rings (SSSR count). The molecule has 8 heteroatoms. The predicted molar refractivity (Wildman–Crippen MR) is 42.6 cm³/mol. The molecule has 0 heterocycles. The summed E-state index contributed by atoms with van der Waals surface area (Å²) in [6.45, 7) is 3.62. The van der Waals surface area contributed by atoms with Gasteiger partial charge in [0.15, 0.2) is 4.31 Å². The van der Waals surface area contributed by atoms with Gasteiger partial charge in [0.05, 0.1) is 0 Å². The monoisotopic (exact) mass is 216 g/mol. The third-order valence-corrected chi connectivity index (χ3v) is 1.59. The molecule has 0 aromatic heterocycles. The molecule has 0 fully saturated rings. The van der Waals surface area contributed by atoms with Crippen LogP contribution in [-0.4, -0.2) is 21.5 Å². The first kappa shape index (κ1) is 14.3. The van der Waals surface area contributed by atoms with Gasteiger partial charge in [-0.25, -0.2) is 0 Å². The number of aliphatic hydroxyl groups excluding tert-OH is 1. The fraction of sp³-hybridized carbons (Fsp3) is 0.500. The van der Waals surface area contributed by atoms with Gasteiger partial charge in [0.2, 0.25) is 0 Å². The largest absolute Gasteiger partial charge is 0.745 e. The molecule has 0 saturated heterocycles. The number of hydrogen-bond donors (Lipinski definition) is 3. The molecule has 0 aromatic carbocycles. The zero-order valence-electron chi connectivity index (χ0n) is 6.16. The molecule has 0 aliphatic heterocycles. The van der Waals surface area contributed by atoms with Crippen LogP contribution in [0, 0.1) is 0 Å². The molecule has 0 saturated carbocycles. The van der Waals surface area contributed by atoms with Crippen LogP contribution in [0.2, 0.25) is 0 Å². The van der Waals surface area contributed by atoms with Gasteiger partial charge in [-0.15, -0.1) is 16.4 Å². The highest BCUT2D eigenvalue weighted by molar-refractivity contribution is 7.46. The lowest BCUT2D eigenvalue weighted by molar-refractivity contribution is 0.303. The minimum atomic E-state index is -2.92. The fourth-order valence-electron chi connectivity index (χ4n) is 0.151. The molecule has 3 N–H and O–H groups in total. The maximum Gasteiger partial charge on any atom is 0.745 e. The molecule has 0 radical (unpaired) electrons. The second-order valence-electron chi connectivity index (χ2n) is 1.36. The maximum absolute atomic E-state index is 9.39. The zero-order chi connectivity index (χ0) is 9.98. The topological polar surface area (TPSA) is 104 Å². The van der Waals surface area contributed by atoms with E-state index in [0.29, 0.717) is 6.42 Å². The quantitative estimate of drug-likeness (QED) is 0.475. The Balaban J connectivity index is 0. The van der Waals surface area contributed by atoms with Crippen molar-refractivity contribution in [2.75, 3.05) is 6.61 Å². The van der Waals surface area contributed by atoms with Crippen LogP contribution in [0.25, 0.3) is 0 Å². The van der Waals surface area contributed by atoms with Gasteiger partial charge in [0.1, 0.15) is 0 Å². The molecule has 12 heavy (non-hydrogen) atoms. The zero-order valence-corrected chi connectivity index (χ0v) is 7.95. The molecule has 0 bridgehead atoms. The Labute approximate surface area is 71.4 Å². The van der Waals surface area contributed by atoms with Crippen LogP contribution >= 0.6 is 16.5 Å². The third kappa shape index (κ3) is 22.6. The highest BCUT2D eigenvalue weighted by atomic mass is 31.2. The second kappa shape index (κ2) is 10.8. The first-order valence-corrected chi connectivity index (χ1v) is 5.02. The predicted octanol–water partition coefficient (Wildman–Crippen LogP) is 0.857. The van der Waals surface area contributed by atoms with Gasteiger partial charge in [-0.1, -0.05) is 6.08 Å². The van der Waals surface area contributed by atoms with Crippen molar-refractivity contribution in [1.29, 1.82) is 0 Å². The SMILES string of the molecule is C=CCCO.O=[P+](O)O[P+](=O)O. The Morgan fingerprint density at radius 3 is 1.75 bits per heavy atom. The van der Waals surface area contributed by atoms with Crippen LogP contribution in [0.1, 0.15) is 6.42 Å². The molecule has 2 unspecified atom stereocenters. The minimum absolute atomic E-state index is 0.226. The Bertz CT molecular complexity index is 146. The maximum atomic E-state index is 9.39. The van der Waals surface area contributed by atoms with E-state index in [-0.39, 0.29) is 6.61 Å². The number of hydrogen-bond acceptors (Lipinski definition) is 4. The van der Waals surface area contributed by atoms with Crippen LogP contribution < -0.4 is 0 Å². The Kier molecular flexibility index (Phi) is 12.9. The Hall–Kier alpha value is -0.220. The van der Waals surface area contributed by atoms with Gasteiger partial charge >= 0.3 is 16.5 Å². The summed E-state index contributed by atoms with van der Waals surface area (Å²) >= 11 is 0. The molecule has 6 nitrogen and oxygen atoms in total. The Morgan fingerprint density at radius 1 is 1.33 bits per heavy atom. The normalized spacial score (nSPS) is 10.9. The summed E-state index contributed by atoms with van der Waals surface area (Å²) in [5, 5.41) is 8.00. The van der Waals surface area contributed by atoms with E-state index in [2.05, 4.69) is 10.9 Å². The molecule has 2 atom stereocenters. The highest BCUT2D eigenvalue weighted by Gasteiger charge is 2.31. The first-order chi connectivity index (χ1) is 5.54. The van der Waals surface area contributed by atoms with Gasteiger partial charge in [-0.05, 0) is 6.42 Å². The van der Waals surface area contributed by atoms with E-state index in [1.54, 1.807) is 6.08 Å². The summed E-state index contributed by atoms with van der Waals surface area (Å²) in [4.78, 5) is 15.3. The molecule has 0 amide bonds. The standard InChI is InChI=1S/C4H8O.O5P2/c1-2-3-4-5;1-6(2)5-7(3)4/h2,5H,1,3-4H2;/p+2. The van der Waals surface area contributed by atoms with Crippen LogP contribution in [0.5, 0.6) is 0 Å². The lowest BCUT2D eigenvalue weighted by atomic mass is 10.5. The van der Waals surface area contributed by atoms with Gasteiger partial charge in [0.25, 0.3) is 0 Å². The number of aliphatic hydroxyl groups is 1. The summed E-state index contributed by atoms with van der Waals surface area (Å²) in [6.07, 6.45) is 2.39. The molecular weight excluding hydrogens is 206 g/mol. The van der Waals surface area contributed by atoms with E-state index >= 15 is 0 Å². The van der Waals surface area contributed by atoms with Crippen molar-refractivity contribution >= 4 is 16.5 Å². The summed E-state index contributed by atoms with van der Waals surface area (Å²) in [7, 11) is -5.85. The van der Waals surface area contributed by atoms with Gasteiger partial charge in [-0.2, -0.15) is 0 Å². The summed E-state index contributed by atoms with van der Waals surface area (Å²) in [5.74, 6) is 0. The van der Waals surface area contributed by atoms with E-state index < -0.39 is 16.5 Å². The van der Waals surface area contributed by atoms with E-state index in [0.717, 1.165) is 0 Å². The average Bonchev–Trinajstić information content (AvgIpc) is 1.87. The van der Waals surface area contributed by atoms with E-state index in [4.69, 9.17) is 14.9 Å². The molecular formula is C4H10O6P2+2. The first-order valence-electron chi connectivity index (χ1n) is 2.76. The minimum Gasteiger partial charge on any atom is -0.396 e. The van der Waals surface area contributed by atoms with Gasteiger partial charge < -0.3 is 5.11 Å². The number of rotatable bonds is 4.